The van der Waals surface area contributed by atoms with Gasteiger partial charge in [0.2, 0.25) is 11.8 Å². The Morgan fingerprint density at radius 2 is 2.38 bits per heavy atom. The molecule has 0 aliphatic rings. The zero-order valence-corrected chi connectivity index (χ0v) is 9.10. The molecule has 6 heteroatoms. The maximum Gasteiger partial charge on any atom is 0.245 e. The normalized spacial score (nSPS) is 10.1. The molecule has 2 heterocycles. The molecule has 2 aromatic heterocycles. The highest BCUT2D eigenvalue weighted by Gasteiger charge is 2.02. The van der Waals surface area contributed by atoms with Crippen molar-refractivity contribution in [2.45, 2.75) is 13.5 Å². The lowest BCUT2D eigenvalue weighted by atomic mass is 10.4. The number of pyridine rings is 1. The van der Waals surface area contributed by atoms with Crippen molar-refractivity contribution in [2.75, 3.05) is 12.4 Å². The number of anilines is 1. The third-order valence-corrected chi connectivity index (χ3v) is 1.96. The maximum atomic E-state index is 5.01. The number of aromatic nitrogens is 3. The molecule has 0 aliphatic carbocycles. The van der Waals surface area contributed by atoms with Crippen LogP contribution < -0.4 is 10.1 Å². The van der Waals surface area contributed by atoms with Crippen LogP contribution in [0.2, 0.25) is 0 Å². The molecule has 0 atom stereocenters. The molecule has 6 nitrogen and oxygen atoms in total. The number of aryl methyl sites for hydroxylation is 1. The highest BCUT2D eigenvalue weighted by molar-refractivity contribution is 5.44. The third kappa shape index (κ3) is 2.47. The summed E-state index contributed by atoms with van der Waals surface area (Å²) in [5.41, 5.74) is 0.891. The average molecular weight is 220 g/mol. The molecule has 1 N–H and O–H groups in total. The van der Waals surface area contributed by atoms with E-state index in [1.807, 2.05) is 6.07 Å². The summed E-state index contributed by atoms with van der Waals surface area (Å²) in [6.45, 7) is 2.26. The summed E-state index contributed by atoms with van der Waals surface area (Å²) in [7, 11) is 1.58. The van der Waals surface area contributed by atoms with E-state index in [0.717, 1.165) is 5.69 Å². The van der Waals surface area contributed by atoms with E-state index < -0.39 is 0 Å². The van der Waals surface area contributed by atoms with E-state index >= 15 is 0 Å². The maximum absolute atomic E-state index is 5.01. The highest BCUT2D eigenvalue weighted by Crippen LogP contribution is 2.13. The summed E-state index contributed by atoms with van der Waals surface area (Å²) in [5, 5.41) is 6.83. The van der Waals surface area contributed by atoms with Crippen molar-refractivity contribution in [1.82, 2.24) is 15.1 Å². The van der Waals surface area contributed by atoms with E-state index in [0.29, 0.717) is 24.1 Å². The number of nitrogens with zero attached hydrogens (tertiary/aromatic N) is 3. The summed E-state index contributed by atoms with van der Waals surface area (Å²) >= 11 is 0. The van der Waals surface area contributed by atoms with E-state index in [-0.39, 0.29) is 0 Å². The predicted molar refractivity (Wildman–Crippen MR) is 57.2 cm³/mol. The fourth-order valence-electron chi connectivity index (χ4n) is 1.22. The van der Waals surface area contributed by atoms with Gasteiger partial charge in [-0.1, -0.05) is 5.16 Å². The first-order valence-electron chi connectivity index (χ1n) is 4.81. The topological polar surface area (TPSA) is 73.1 Å². The Labute approximate surface area is 92.7 Å². The van der Waals surface area contributed by atoms with Crippen LogP contribution in [0.15, 0.2) is 22.9 Å². The molecule has 0 saturated heterocycles. The van der Waals surface area contributed by atoms with Crippen LogP contribution in [0.25, 0.3) is 0 Å². The van der Waals surface area contributed by atoms with Gasteiger partial charge in [0.15, 0.2) is 5.82 Å². The lowest BCUT2D eigenvalue weighted by Crippen LogP contribution is -2.00. The second-order valence-electron chi connectivity index (χ2n) is 3.18. The van der Waals surface area contributed by atoms with Crippen LogP contribution in [0.5, 0.6) is 5.88 Å². The smallest absolute Gasteiger partial charge is 0.245 e. The van der Waals surface area contributed by atoms with Gasteiger partial charge in [-0.2, -0.15) is 4.98 Å². The second-order valence-corrected chi connectivity index (χ2v) is 3.18. The minimum absolute atomic E-state index is 0.480. The van der Waals surface area contributed by atoms with Crippen molar-refractivity contribution in [2.24, 2.45) is 0 Å². The second kappa shape index (κ2) is 4.61. The summed E-state index contributed by atoms with van der Waals surface area (Å²) in [5.74, 6) is 1.74. The Kier molecular flexibility index (Phi) is 3.00. The fraction of sp³-hybridized carbons (Fsp3) is 0.300. The molecule has 0 spiro atoms. The molecular weight excluding hydrogens is 208 g/mol. The zero-order chi connectivity index (χ0) is 11.4. The van der Waals surface area contributed by atoms with Gasteiger partial charge in [-0.05, 0) is 13.0 Å². The Bertz CT molecular complexity index is 469. The van der Waals surface area contributed by atoms with Gasteiger partial charge in [-0.25, -0.2) is 4.98 Å². The van der Waals surface area contributed by atoms with Crippen LogP contribution in [0.1, 0.15) is 11.7 Å². The lowest BCUT2D eigenvalue weighted by molar-refractivity contribution is 0.379. The van der Waals surface area contributed by atoms with E-state index in [2.05, 4.69) is 20.4 Å². The van der Waals surface area contributed by atoms with Crippen LogP contribution in [0.3, 0.4) is 0 Å². The molecule has 0 fully saturated rings. The largest absolute Gasteiger partial charge is 0.481 e. The molecule has 0 radical (unpaired) electrons. The van der Waals surface area contributed by atoms with Crippen LogP contribution >= 0.6 is 0 Å². The number of hydrogen-bond donors (Lipinski definition) is 1. The molecule has 16 heavy (non-hydrogen) atoms. The molecule has 2 rings (SSSR count). The monoisotopic (exact) mass is 220 g/mol. The Morgan fingerprint density at radius 3 is 3.06 bits per heavy atom. The average Bonchev–Trinajstić information content (AvgIpc) is 2.73. The fourth-order valence-corrected chi connectivity index (χ4v) is 1.22. The van der Waals surface area contributed by atoms with Gasteiger partial charge in [0, 0.05) is 18.0 Å². The number of hydrogen-bond acceptors (Lipinski definition) is 6. The quantitative estimate of drug-likeness (QED) is 0.839. The minimum atomic E-state index is 0.480. The van der Waals surface area contributed by atoms with Crippen LogP contribution in [0, 0.1) is 6.92 Å². The number of methoxy groups -OCH3 is 1. The van der Waals surface area contributed by atoms with E-state index in [9.17, 15) is 0 Å². The summed E-state index contributed by atoms with van der Waals surface area (Å²) in [6, 6.07) is 3.63. The number of nitrogens with one attached hydrogen (secondary N) is 1. The summed E-state index contributed by atoms with van der Waals surface area (Å²) in [4.78, 5) is 8.08. The van der Waals surface area contributed by atoms with Crippen molar-refractivity contribution >= 4 is 5.69 Å². The summed E-state index contributed by atoms with van der Waals surface area (Å²) < 4.78 is 9.98. The third-order valence-electron chi connectivity index (χ3n) is 1.96. The molecule has 2 aromatic rings. The van der Waals surface area contributed by atoms with Gasteiger partial charge in [0.25, 0.3) is 0 Å². The molecule has 0 bridgehead atoms. The molecule has 0 unspecified atom stereocenters. The van der Waals surface area contributed by atoms with Crippen molar-refractivity contribution in [1.29, 1.82) is 0 Å². The Hall–Kier alpha value is -2.11. The van der Waals surface area contributed by atoms with E-state index in [1.54, 1.807) is 26.3 Å². The van der Waals surface area contributed by atoms with E-state index in [4.69, 9.17) is 9.26 Å². The van der Waals surface area contributed by atoms with Crippen LogP contribution in [-0.4, -0.2) is 22.2 Å². The standard InChI is InChI=1S/C10H12N4O2/c1-7-13-10(16-14-7)6-12-8-3-4-11-9(5-8)15-2/h3-5H,6H2,1-2H3,(H,11,12). The lowest BCUT2D eigenvalue weighted by Gasteiger charge is -2.04. The minimum Gasteiger partial charge on any atom is -0.481 e. The molecule has 0 aromatic carbocycles. The van der Waals surface area contributed by atoms with Crippen LogP contribution in [0.4, 0.5) is 5.69 Å². The van der Waals surface area contributed by atoms with Gasteiger partial charge in [0.05, 0.1) is 13.7 Å². The molecule has 84 valence electrons. The first-order chi connectivity index (χ1) is 7.78. The number of rotatable bonds is 4. The predicted octanol–water partition coefficient (Wildman–Crippen LogP) is 1.39. The number of ether oxygens (including phenoxy) is 1. The molecule has 0 aliphatic heterocycles. The summed E-state index contributed by atoms with van der Waals surface area (Å²) in [6.07, 6.45) is 1.67. The zero-order valence-electron chi connectivity index (χ0n) is 9.10. The van der Waals surface area contributed by atoms with Gasteiger partial charge < -0.3 is 14.6 Å². The van der Waals surface area contributed by atoms with Gasteiger partial charge >= 0.3 is 0 Å². The molecule has 0 saturated carbocycles. The van der Waals surface area contributed by atoms with Gasteiger partial charge in [-0.3, -0.25) is 0 Å². The molecule has 0 amide bonds. The van der Waals surface area contributed by atoms with Crippen molar-refractivity contribution < 1.29 is 9.26 Å². The van der Waals surface area contributed by atoms with Crippen molar-refractivity contribution in [3.05, 3.63) is 30.0 Å². The first kappa shape index (κ1) is 10.4. The highest BCUT2D eigenvalue weighted by atomic mass is 16.5. The van der Waals surface area contributed by atoms with Gasteiger partial charge in [-0.15, -0.1) is 0 Å². The Balaban J connectivity index is 1.99. The molecular formula is C10H12N4O2. The van der Waals surface area contributed by atoms with E-state index in [1.165, 1.54) is 0 Å². The van der Waals surface area contributed by atoms with Gasteiger partial charge in [0.1, 0.15) is 0 Å². The SMILES string of the molecule is COc1cc(NCc2nc(C)no2)ccn1. The van der Waals surface area contributed by atoms with Crippen LogP contribution in [-0.2, 0) is 6.54 Å². The first-order valence-corrected chi connectivity index (χ1v) is 4.81. The van der Waals surface area contributed by atoms with Crippen molar-refractivity contribution in [3.63, 3.8) is 0 Å². The van der Waals surface area contributed by atoms with Crippen molar-refractivity contribution in [3.8, 4) is 5.88 Å². The Morgan fingerprint density at radius 1 is 1.50 bits per heavy atom.